The summed E-state index contributed by atoms with van der Waals surface area (Å²) >= 11 is 0. The van der Waals surface area contributed by atoms with E-state index in [0.29, 0.717) is 12.8 Å². The molecule has 0 saturated carbocycles. The van der Waals surface area contributed by atoms with Crippen LogP contribution in [0.5, 0.6) is 0 Å². The van der Waals surface area contributed by atoms with Gasteiger partial charge in [-0.1, -0.05) is 51.9 Å². The highest BCUT2D eigenvalue weighted by molar-refractivity contribution is 5.76. The van der Waals surface area contributed by atoms with Crippen LogP contribution in [0.25, 0.3) is 0 Å². The Kier molecular flexibility index (Phi) is 9.44. The summed E-state index contributed by atoms with van der Waals surface area (Å²) in [6.45, 7) is 2.00. The molecule has 0 aromatic heterocycles. The third-order valence-electron chi connectivity index (χ3n) is 4.27. The Bertz CT molecular complexity index is 463. The maximum atomic E-state index is 13.6. The summed E-state index contributed by atoms with van der Waals surface area (Å²) < 4.78 is 116. The molecule has 1 amide bonds. The van der Waals surface area contributed by atoms with E-state index < -0.39 is 48.6 Å². The number of halogens is 9. The number of nitrogens with two attached hydrogens (primary N) is 1. The van der Waals surface area contributed by atoms with Gasteiger partial charge in [-0.15, -0.1) is 0 Å². The van der Waals surface area contributed by atoms with E-state index in [1.54, 1.807) is 0 Å². The van der Waals surface area contributed by atoms with Crippen molar-refractivity contribution in [2.24, 2.45) is 11.7 Å². The maximum Gasteiger partial charge on any atom is 0.460 e. The van der Waals surface area contributed by atoms with E-state index in [4.69, 9.17) is 5.73 Å². The van der Waals surface area contributed by atoms with E-state index in [1.807, 2.05) is 6.92 Å². The largest absolute Gasteiger partial charge is 0.460 e. The summed E-state index contributed by atoms with van der Waals surface area (Å²) in [5.41, 5.74) is 4.84. The molecule has 0 bridgehead atoms. The normalized spacial score (nSPS) is 15.0. The van der Waals surface area contributed by atoms with Crippen LogP contribution in [0.4, 0.5) is 39.5 Å². The second-order valence-corrected chi connectivity index (χ2v) is 6.56. The van der Waals surface area contributed by atoms with Crippen molar-refractivity contribution in [3.05, 3.63) is 0 Å². The highest BCUT2D eigenvalue weighted by Crippen LogP contribution is 2.54. The van der Waals surface area contributed by atoms with Gasteiger partial charge in [0.1, 0.15) is 0 Å². The smallest absolute Gasteiger partial charge is 0.369 e. The highest BCUT2D eigenvalue weighted by Gasteiger charge is 2.81. The van der Waals surface area contributed by atoms with Crippen molar-refractivity contribution in [1.29, 1.82) is 0 Å². The Balaban J connectivity index is 4.94. The second-order valence-electron chi connectivity index (χ2n) is 6.56. The molecule has 11 heteroatoms. The molecular weight excluding hydrogens is 393 g/mol. The number of unbranched alkanes of at least 4 members (excludes halogenated alkanes) is 6. The Labute approximate surface area is 151 Å². The molecule has 0 rings (SSSR count). The van der Waals surface area contributed by atoms with Crippen LogP contribution in [0.15, 0.2) is 0 Å². The lowest BCUT2D eigenvalue weighted by molar-refractivity contribution is -0.397. The minimum Gasteiger partial charge on any atom is -0.369 e. The van der Waals surface area contributed by atoms with Crippen LogP contribution in [0.1, 0.15) is 64.7 Å². The number of carbonyl (C=O) groups is 1. The fourth-order valence-electron chi connectivity index (χ4n) is 2.54. The van der Waals surface area contributed by atoms with Gasteiger partial charge in [-0.3, -0.25) is 4.79 Å². The Morgan fingerprint density at radius 3 is 1.63 bits per heavy atom. The molecule has 0 saturated heterocycles. The van der Waals surface area contributed by atoms with Crippen molar-refractivity contribution in [1.82, 2.24) is 0 Å². The number of carbonyl (C=O) groups excluding carboxylic acids is 1. The molecule has 0 aromatic carbocycles. The van der Waals surface area contributed by atoms with Gasteiger partial charge < -0.3 is 5.73 Å². The van der Waals surface area contributed by atoms with Gasteiger partial charge in [0.2, 0.25) is 5.91 Å². The molecule has 0 aliphatic rings. The molecule has 162 valence electrons. The van der Waals surface area contributed by atoms with Crippen molar-refractivity contribution in [3.8, 4) is 0 Å². The molecule has 0 aliphatic heterocycles. The van der Waals surface area contributed by atoms with Crippen LogP contribution in [0.3, 0.4) is 0 Å². The molecule has 2 N–H and O–H groups in total. The summed E-state index contributed by atoms with van der Waals surface area (Å²) in [5, 5.41) is 0. The van der Waals surface area contributed by atoms with Crippen LogP contribution < -0.4 is 5.73 Å². The summed E-state index contributed by atoms with van der Waals surface area (Å²) in [5.74, 6) is -22.8. The van der Waals surface area contributed by atoms with Crippen LogP contribution in [-0.2, 0) is 4.79 Å². The number of primary amides is 1. The van der Waals surface area contributed by atoms with Crippen molar-refractivity contribution < 1.29 is 44.3 Å². The maximum absolute atomic E-state index is 13.6. The van der Waals surface area contributed by atoms with Crippen molar-refractivity contribution in [3.63, 3.8) is 0 Å². The second kappa shape index (κ2) is 9.86. The van der Waals surface area contributed by atoms with E-state index in [9.17, 15) is 44.3 Å². The predicted octanol–water partition coefficient (Wildman–Crippen LogP) is 6.09. The number of hydrogen-bond acceptors (Lipinski definition) is 1. The van der Waals surface area contributed by atoms with Gasteiger partial charge in [-0.2, -0.15) is 39.5 Å². The minimum absolute atomic E-state index is 0.136. The zero-order chi connectivity index (χ0) is 21.5. The van der Waals surface area contributed by atoms with Gasteiger partial charge >= 0.3 is 23.9 Å². The monoisotopic (exact) mass is 417 g/mol. The SMILES string of the molecule is CCCCCCCCCC(CC(F)(F)C(F)(F)C(F)(F)C(F)(F)F)C(N)=O. The van der Waals surface area contributed by atoms with Crippen LogP contribution >= 0.6 is 0 Å². The zero-order valence-corrected chi connectivity index (χ0v) is 14.8. The molecule has 1 unspecified atom stereocenters. The molecule has 27 heavy (non-hydrogen) atoms. The first-order valence-electron chi connectivity index (χ1n) is 8.61. The van der Waals surface area contributed by atoms with Gasteiger partial charge in [-0.05, 0) is 6.42 Å². The fraction of sp³-hybridized carbons (Fsp3) is 0.938. The average molecular weight is 417 g/mol. The molecular formula is C16H24F9NO. The van der Waals surface area contributed by atoms with E-state index in [-0.39, 0.29) is 6.42 Å². The number of amides is 1. The molecule has 0 heterocycles. The number of rotatable bonds is 13. The first-order chi connectivity index (χ1) is 12.1. The molecule has 0 spiro atoms. The van der Waals surface area contributed by atoms with Crippen molar-refractivity contribution >= 4 is 5.91 Å². The summed E-state index contributed by atoms with van der Waals surface area (Å²) in [6, 6.07) is 0. The highest BCUT2D eigenvalue weighted by atomic mass is 19.4. The fourth-order valence-corrected chi connectivity index (χ4v) is 2.54. The van der Waals surface area contributed by atoms with Gasteiger partial charge in [0.15, 0.2) is 0 Å². The lowest BCUT2D eigenvalue weighted by atomic mass is 9.89. The molecule has 0 aromatic rings. The number of alkyl halides is 9. The minimum atomic E-state index is -6.95. The predicted molar refractivity (Wildman–Crippen MR) is 80.8 cm³/mol. The Morgan fingerprint density at radius 2 is 1.22 bits per heavy atom. The quantitative estimate of drug-likeness (QED) is 0.286. The summed E-state index contributed by atoms with van der Waals surface area (Å²) in [7, 11) is 0. The van der Waals surface area contributed by atoms with Gasteiger partial charge in [0, 0.05) is 12.3 Å². The van der Waals surface area contributed by atoms with Gasteiger partial charge in [-0.25, -0.2) is 0 Å². The third kappa shape index (κ3) is 6.74. The van der Waals surface area contributed by atoms with Gasteiger partial charge in [0.05, 0.1) is 0 Å². The van der Waals surface area contributed by atoms with Gasteiger partial charge in [0.25, 0.3) is 0 Å². The molecule has 2 nitrogen and oxygen atoms in total. The molecule has 0 radical (unpaired) electrons. The first kappa shape index (κ1) is 25.8. The molecule has 1 atom stereocenters. The van der Waals surface area contributed by atoms with Crippen LogP contribution in [0.2, 0.25) is 0 Å². The molecule has 0 fully saturated rings. The van der Waals surface area contributed by atoms with E-state index in [0.717, 1.165) is 25.7 Å². The lowest BCUT2D eigenvalue weighted by Crippen LogP contribution is -2.61. The van der Waals surface area contributed by atoms with Crippen LogP contribution in [0, 0.1) is 5.92 Å². The number of hydrogen-bond donors (Lipinski definition) is 1. The average Bonchev–Trinajstić information content (AvgIpc) is 2.51. The lowest BCUT2D eigenvalue weighted by Gasteiger charge is -2.34. The third-order valence-corrected chi connectivity index (χ3v) is 4.27. The Hall–Kier alpha value is -1.16. The Morgan fingerprint density at radius 1 is 0.778 bits per heavy atom. The topological polar surface area (TPSA) is 43.1 Å². The summed E-state index contributed by atoms with van der Waals surface area (Å²) in [6.07, 6.45) is -4.40. The zero-order valence-electron chi connectivity index (χ0n) is 14.8. The first-order valence-corrected chi connectivity index (χ1v) is 8.61. The van der Waals surface area contributed by atoms with E-state index in [1.165, 1.54) is 0 Å². The standard InChI is InChI=1S/C16H24F9NO/c1-2-3-4-5-6-7-8-9-11(12(26)27)10-13(17,18)14(19,20)15(21,22)16(23,24)25/h11H,2-10H2,1H3,(H2,26,27). The van der Waals surface area contributed by atoms with E-state index in [2.05, 4.69) is 0 Å². The molecule has 0 aliphatic carbocycles. The van der Waals surface area contributed by atoms with E-state index >= 15 is 0 Å². The summed E-state index contributed by atoms with van der Waals surface area (Å²) in [4.78, 5) is 11.2. The van der Waals surface area contributed by atoms with Crippen LogP contribution in [-0.4, -0.2) is 29.9 Å². The van der Waals surface area contributed by atoms with Crippen molar-refractivity contribution in [2.45, 2.75) is 88.7 Å². The van der Waals surface area contributed by atoms with Crippen molar-refractivity contribution in [2.75, 3.05) is 0 Å².